The summed E-state index contributed by atoms with van der Waals surface area (Å²) in [6.07, 6.45) is 2.03. The summed E-state index contributed by atoms with van der Waals surface area (Å²) < 4.78 is 53.7. The molecular formula is C15H19F2N3O3S. The van der Waals surface area contributed by atoms with Gasteiger partial charge in [-0.1, -0.05) is 6.07 Å². The standard InChI is InChI=1S/C15H19F2N3O3S/c16-11-4-3-5-12(14(11)17)19-24(22,23)10-8-13(18-9-10)15(21)20-6-1-2-7-20/h3-5,10,13,18-19H,1-2,6-9H2. The third kappa shape index (κ3) is 3.36. The lowest BCUT2D eigenvalue weighted by Gasteiger charge is -2.20. The molecule has 2 aliphatic rings. The first-order valence-electron chi connectivity index (χ1n) is 7.86. The monoisotopic (exact) mass is 359 g/mol. The zero-order valence-electron chi connectivity index (χ0n) is 13.0. The normalized spacial score (nSPS) is 24.3. The van der Waals surface area contributed by atoms with E-state index in [1.165, 1.54) is 6.07 Å². The molecule has 2 unspecified atom stereocenters. The highest BCUT2D eigenvalue weighted by Crippen LogP contribution is 2.23. The number of amides is 1. The summed E-state index contributed by atoms with van der Waals surface area (Å²) in [5, 5.41) is 2.05. The molecule has 2 heterocycles. The zero-order chi connectivity index (χ0) is 17.3. The van der Waals surface area contributed by atoms with Gasteiger partial charge in [-0.2, -0.15) is 0 Å². The van der Waals surface area contributed by atoms with Crippen LogP contribution < -0.4 is 10.0 Å². The Bertz CT molecular complexity index is 735. The maximum absolute atomic E-state index is 13.6. The van der Waals surface area contributed by atoms with E-state index in [2.05, 4.69) is 10.0 Å². The lowest BCUT2D eigenvalue weighted by Crippen LogP contribution is -2.42. The van der Waals surface area contributed by atoms with Crippen LogP contribution in [0.5, 0.6) is 0 Å². The van der Waals surface area contributed by atoms with Crippen LogP contribution >= 0.6 is 0 Å². The molecule has 2 N–H and O–H groups in total. The Hall–Kier alpha value is -1.74. The molecule has 2 fully saturated rings. The van der Waals surface area contributed by atoms with Crippen molar-refractivity contribution in [3.05, 3.63) is 29.8 Å². The van der Waals surface area contributed by atoms with Gasteiger partial charge in [0.05, 0.1) is 17.0 Å². The van der Waals surface area contributed by atoms with Gasteiger partial charge < -0.3 is 10.2 Å². The van der Waals surface area contributed by atoms with Crippen molar-refractivity contribution in [2.45, 2.75) is 30.6 Å². The minimum atomic E-state index is -3.93. The number of nitrogens with zero attached hydrogens (tertiary/aromatic N) is 1. The van der Waals surface area contributed by atoms with Crippen molar-refractivity contribution in [2.24, 2.45) is 0 Å². The number of anilines is 1. The summed E-state index contributed by atoms with van der Waals surface area (Å²) >= 11 is 0. The van der Waals surface area contributed by atoms with Crippen molar-refractivity contribution < 1.29 is 22.0 Å². The lowest BCUT2D eigenvalue weighted by molar-refractivity contribution is -0.131. The molecule has 2 aliphatic heterocycles. The van der Waals surface area contributed by atoms with Crippen LogP contribution in [0.1, 0.15) is 19.3 Å². The maximum Gasteiger partial charge on any atom is 0.239 e. The molecule has 1 aromatic rings. The number of benzene rings is 1. The second-order valence-electron chi connectivity index (χ2n) is 6.10. The number of halogens is 2. The van der Waals surface area contributed by atoms with Gasteiger partial charge in [-0.3, -0.25) is 9.52 Å². The van der Waals surface area contributed by atoms with Crippen molar-refractivity contribution in [1.29, 1.82) is 0 Å². The topological polar surface area (TPSA) is 78.5 Å². The Balaban J connectivity index is 1.67. The van der Waals surface area contributed by atoms with E-state index >= 15 is 0 Å². The predicted molar refractivity (Wildman–Crippen MR) is 84.9 cm³/mol. The Kier molecular flexibility index (Phi) is 4.73. The van der Waals surface area contributed by atoms with Crippen molar-refractivity contribution in [3.63, 3.8) is 0 Å². The lowest BCUT2D eigenvalue weighted by atomic mass is 10.2. The van der Waals surface area contributed by atoms with Crippen LogP contribution in [0.25, 0.3) is 0 Å². The fourth-order valence-electron chi connectivity index (χ4n) is 3.10. The largest absolute Gasteiger partial charge is 0.341 e. The van der Waals surface area contributed by atoms with Crippen LogP contribution in [0.15, 0.2) is 18.2 Å². The fraction of sp³-hybridized carbons (Fsp3) is 0.533. The highest BCUT2D eigenvalue weighted by molar-refractivity contribution is 7.93. The summed E-state index contributed by atoms with van der Waals surface area (Å²) in [7, 11) is -3.93. The third-order valence-electron chi connectivity index (χ3n) is 4.45. The molecule has 0 aliphatic carbocycles. The highest BCUT2D eigenvalue weighted by atomic mass is 32.2. The number of hydrogen-bond acceptors (Lipinski definition) is 4. The summed E-state index contributed by atoms with van der Waals surface area (Å²) in [5.74, 6) is -2.46. The minimum Gasteiger partial charge on any atom is -0.341 e. The summed E-state index contributed by atoms with van der Waals surface area (Å²) in [4.78, 5) is 14.0. The van der Waals surface area contributed by atoms with Crippen molar-refractivity contribution in [2.75, 3.05) is 24.4 Å². The molecule has 0 radical (unpaired) electrons. The molecule has 9 heteroatoms. The molecule has 0 spiro atoms. The van der Waals surface area contributed by atoms with Gasteiger partial charge in [-0.25, -0.2) is 17.2 Å². The second kappa shape index (κ2) is 6.64. The second-order valence-corrected chi connectivity index (χ2v) is 8.06. The molecule has 1 amide bonds. The Labute approximate surface area is 139 Å². The van der Waals surface area contributed by atoms with Crippen LogP contribution in [0.3, 0.4) is 0 Å². The van der Waals surface area contributed by atoms with E-state index in [-0.39, 0.29) is 18.9 Å². The van der Waals surface area contributed by atoms with E-state index in [1.54, 1.807) is 4.90 Å². The van der Waals surface area contributed by atoms with Gasteiger partial charge in [0.2, 0.25) is 15.9 Å². The number of carbonyl (C=O) groups excluding carboxylic acids is 1. The zero-order valence-corrected chi connectivity index (χ0v) is 13.8. The number of sulfonamides is 1. The number of carbonyl (C=O) groups is 1. The quantitative estimate of drug-likeness (QED) is 0.843. The van der Waals surface area contributed by atoms with Crippen LogP contribution in [-0.2, 0) is 14.8 Å². The van der Waals surface area contributed by atoms with E-state index in [9.17, 15) is 22.0 Å². The van der Waals surface area contributed by atoms with E-state index in [0.29, 0.717) is 13.1 Å². The first-order chi connectivity index (χ1) is 11.4. The average Bonchev–Trinajstić information content (AvgIpc) is 3.22. The van der Waals surface area contributed by atoms with E-state index < -0.39 is 38.6 Å². The van der Waals surface area contributed by atoms with Crippen molar-refractivity contribution >= 4 is 21.6 Å². The first kappa shape index (κ1) is 17.1. The Morgan fingerprint density at radius 2 is 1.96 bits per heavy atom. The number of nitrogens with one attached hydrogen (secondary N) is 2. The van der Waals surface area contributed by atoms with Crippen LogP contribution in [-0.4, -0.2) is 50.2 Å². The molecule has 132 valence electrons. The number of rotatable bonds is 4. The van der Waals surface area contributed by atoms with E-state index in [1.807, 2.05) is 0 Å². The first-order valence-corrected chi connectivity index (χ1v) is 9.41. The molecule has 2 atom stereocenters. The molecule has 0 aromatic heterocycles. The third-order valence-corrected chi connectivity index (χ3v) is 6.19. The van der Waals surface area contributed by atoms with Gasteiger partial charge in [0.25, 0.3) is 0 Å². The minimum absolute atomic E-state index is 0.0938. The Morgan fingerprint density at radius 3 is 2.67 bits per heavy atom. The molecule has 6 nitrogen and oxygen atoms in total. The van der Waals surface area contributed by atoms with Gasteiger partial charge in [0, 0.05) is 19.6 Å². The Morgan fingerprint density at radius 1 is 1.25 bits per heavy atom. The molecule has 24 heavy (non-hydrogen) atoms. The maximum atomic E-state index is 13.6. The molecule has 3 rings (SSSR count). The molecule has 0 bridgehead atoms. The number of likely N-dealkylation sites (tertiary alicyclic amines) is 1. The SMILES string of the molecule is O=C(C1CC(S(=O)(=O)Nc2cccc(F)c2F)CN1)N1CCCC1. The fourth-order valence-corrected chi connectivity index (χ4v) is 4.50. The predicted octanol–water partition coefficient (Wildman–Crippen LogP) is 1.06. The van der Waals surface area contributed by atoms with Crippen molar-refractivity contribution in [3.8, 4) is 0 Å². The van der Waals surface area contributed by atoms with Crippen LogP contribution in [0.4, 0.5) is 14.5 Å². The number of hydrogen-bond donors (Lipinski definition) is 2. The summed E-state index contributed by atoms with van der Waals surface area (Å²) in [6, 6.07) is 2.74. The van der Waals surface area contributed by atoms with Gasteiger partial charge in [0.15, 0.2) is 11.6 Å². The van der Waals surface area contributed by atoms with Gasteiger partial charge >= 0.3 is 0 Å². The van der Waals surface area contributed by atoms with Gasteiger partial charge in [-0.15, -0.1) is 0 Å². The molecule has 1 aromatic carbocycles. The summed E-state index contributed by atoms with van der Waals surface area (Å²) in [6.45, 7) is 1.49. The van der Waals surface area contributed by atoms with Crippen molar-refractivity contribution in [1.82, 2.24) is 10.2 Å². The van der Waals surface area contributed by atoms with Crippen LogP contribution in [0.2, 0.25) is 0 Å². The van der Waals surface area contributed by atoms with Gasteiger partial charge in [-0.05, 0) is 31.4 Å². The van der Waals surface area contributed by atoms with E-state index in [0.717, 1.165) is 25.0 Å². The highest BCUT2D eigenvalue weighted by Gasteiger charge is 2.39. The summed E-state index contributed by atoms with van der Waals surface area (Å²) in [5.41, 5.74) is -0.427. The molecule has 0 saturated carbocycles. The molecule has 2 saturated heterocycles. The average molecular weight is 359 g/mol. The van der Waals surface area contributed by atoms with E-state index in [4.69, 9.17) is 0 Å². The smallest absolute Gasteiger partial charge is 0.239 e. The van der Waals surface area contributed by atoms with Crippen LogP contribution in [0, 0.1) is 11.6 Å². The van der Waals surface area contributed by atoms with Gasteiger partial charge in [0.1, 0.15) is 0 Å². The molecular weight excluding hydrogens is 340 g/mol.